The van der Waals surface area contributed by atoms with Gasteiger partial charge in [0.05, 0.1) is 23.8 Å². The second-order valence-corrected chi connectivity index (χ2v) is 11.3. The molecule has 4 aliphatic rings. The molecule has 0 N–H and O–H groups in total. The zero-order valence-electron chi connectivity index (χ0n) is 21.9. The highest BCUT2D eigenvalue weighted by Gasteiger charge is 2.48. The van der Waals surface area contributed by atoms with Crippen LogP contribution in [-0.2, 0) is 14.9 Å². The van der Waals surface area contributed by atoms with Crippen molar-refractivity contribution in [2.45, 2.75) is 32.1 Å². The largest absolute Gasteiger partial charge is 0.381 e. The molecule has 3 fully saturated rings. The summed E-state index contributed by atoms with van der Waals surface area (Å²) >= 11 is 0. The number of nitrogens with zero attached hydrogens (tertiary/aromatic N) is 4. The summed E-state index contributed by atoms with van der Waals surface area (Å²) in [5, 5.41) is 0. The predicted molar refractivity (Wildman–Crippen MR) is 141 cm³/mol. The van der Waals surface area contributed by atoms with Crippen molar-refractivity contribution < 1.29 is 14.3 Å². The molecule has 7 heteroatoms. The van der Waals surface area contributed by atoms with Gasteiger partial charge in [-0.05, 0) is 49.5 Å². The molecule has 4 aliphatic heterocycles. The molecule has 0 aliphatic carbocycles. The smallest absolute Gasteiger partial charge is 0.256 e. The van der Waals surface area contributed by atoms with Gasteiger partial charge in [0.1, 0.15) is 0 Å². The second kappa shape index (κ2) is 9.60. The van der Waals surface area contributed by atoms with E-state index in [4.69, 9.17) is 4.74 Å². The molecule has 6 rings (SSSR count). The van der Waals surface area contributed by atoms with Gasteiger partial charge in [0.15, 0.2) is 0 Å². The van der Waals surface area contributed by atoms with Gasteiger partial charge in [-0.25, -0.2) is 0 Å². The minimum Gasteiger partial charge on any atom is -0.381 e. The summed E-state index contributed by atoms with van der Waals surface area (Å²) in [6.45, 7) is 10.1. The SMILES string of the molecule is Cc1ccnc(C)c1C(=O)N1CC2=CN(CCC3(c4ccccc4)CN(C(=O)C4CCOC4)C3)CC2C1. The molecule has 0 radical (unpaired) electrons. The van der Waals surface area contributed by atoms with E-state index in [-0.39, 0.29) is 23.1 Å². The zero-order valence-corrected chi connectivity index (χ0v) is 21.9. The third-order valence-electron chi connectivity index (χ3n) is 8.83. The summed E-state index contributed by atoms with van der Waals surface area (Å²) in [6.07, 6.45) is 5.91. The number of aryl methyl sites for hydroxylation is 2. The van der Waals surface area contributed by atoms with E-state index in [0.717, 1.165) is 62.4 Å². The average Bonchev–Trinajstić information content (AvgIpc) is 3.61. The fourth-order valence-corrected chi connectivity index (χ4v) is 6.64. The highest BCUT2D eigenvalue weighted by molar-refractivity contribution is 5.97. The fourth-order valence-electron chi connectivity index (χ4n) is 6.64. The molecule has 0 saturated carbocycles. The number of amides is 2. The number of hydrogen-bond acceptors (Lipinski definition) is 5. The molecule has 2 amide bonds. The Balaban J connectivity index is 1.10. The van der Waals surface area contributed by atoms with Crippen LogP contribution >= 0.6 is 0 Å². The number of carbonyl (C=O) groups excluding carboxylic acids is 2. The van der Waals surface area contributed by atoms with Gasteiger partial charge in [-0.1, -0.05) is 30.3 Å². The molecule has 1 aromatic carbocycles. The first-order chi connectivity index (χ1) is 17.9. The van der Waals surface area contributed by atoms with Gasteiger partial charge < -0.3 is 19.4 Å². The van der Waals surface area contributed by atoms with E-state index < -0.39 is 0 Å². The number of hydrogen-bond donors (Lipinski definition) is 0. The standard InChI is InChI=1S/C30H36N4O3/c1-21-8-11-31-22(2)27(21)29(36)33-16-24-14-32(15-25(24)17-33)12-10-30(26-6-4-3-5-7-26)19-34(20-30)28(35)23-9-13-37-18-23/h3-8,11,14,23,25H,9-10,12-13,15-20H2,1-2H3. The number of ether oxygens (including phenoxy) is 1. The van der Waals surface area contributed by atoms with Crippen LogP contribution in [0.5, 0.6) is 0 Å². The maximum atomic E-state index is 13.2. The summed E-state index contributed by atoms with van der Waals surface area (Å²) in [4.78, 5) is 37.0. The summed E-state index contributed by atoms with van der Waals surface area (Å²) in [5.74, 6) is 0.780. The highest BCUT2D eigenvalue weighted by atomic mass is 16.5. The van der Waals surface area contributed by atoms with E-state index in [1.165, 1.54) is 11.1 Å². The molecule has 194 valence electrons. The number of benzene rings is 1. The van der Waals surface area contributed by atoms with Crippen molar-refractivity contribution in [3.05, 3.63) is 76.8 Å². The summed E-state index contributed by atoms with van der Waals surface area (Å²) in [6, 6.07) is 12.6. The zero-order chi connectivity index (χ0) is 25.6. The van der Waals surface area contributed by atoms with Crippen molar-refractivity contribution in [1.82, 2.24) is 19.7 Å². The van der Waals surface area contributed by atoms with Crippen molar-refractivity contribution in [2.75, 3.05) is 52.5 Å². The molecule has 7 nitrogen and oxygen atoms in total. The molecule has 0 bridgehead atoms. The van der Waals surface area contributed by atoms with E-state index >= 15 is 0 Å². The van der Waals surface area contributed by atoms with Crippen LogP contribution in [0.15, 0.2) is 54.4 Å². The molecular weight excluding hydrogens is 464 g/mol. The van der Waals surface area contributed by atoms with Gasteiger partial charge in [0, 0.05) is 69.6 Å². The number of likely N-dealkylation sites (tertiary alicyclic amines) is 2. The van der Waals surface area contributed by atoms with E-state index in [0.29, 0.717) is 25.7 Å². The van der Waals surface area contributed by atoms with Gasteiger partial charge >= 0.3 is 0 Å². The first kappa shape index (κ1) is 24.2. The van der Waals surface area contributed by atoms with Gasteiger partial charge in [0.2, 0.25) is 5.91 Å². The van der Waals surface area contributed by atoms with Crippen LogP contribution in [0.3, 0.4) is 0 Å². The monoisotopic (exact) mass is 500 g/mol. The normalized spacial score (nSPS) is 24.2. The van der Waals surface area contributed by atoms with Crippen molar-refractivity contribution in [3.63, 3.8) is 0 Å². The van der Waals surface area contributed by atoms with Crippen LogP contribution in [-0.4, -0.2) is 84.0 Å². The molecule has 2 unspecified atom stereocenters. The topological polar surface area (TPSA) is 66.0 Å². The minimum absolute atomic E-state index is 0.00392. The Morgan fingerprint density at radius 1 is 1.08 bits per heavy atom. The fraction of sp³-hybridized carbons (Fsp3) is 0.500. The Bertz CT molecular complexity index is 1190. The van der Waals surface area contributed by atoms with E-state index in [1.54, 1.807) is 6.20 Å². The van der Waals surface area contributed by atoms with E-state index in [9.17, 15) is 9.59 Å². The first-order valence-corrected chi connectivity index (χ1v) is 13.5. The molecule has 37 heavy (non-hydrogen) atoms. The van der Waals surface area contributed by atoms with Crippen LogP contribution in [0.25, 0.3) is 0 Å². The Morgan fingerprint density at radius 3 is 2.59 bits per heavy atom. The first-order valence-electron chi connectivity index (χ1n) is 13.5. The Kier molecular flexibility index (Phi) is 6.27. The molecule has 3 saturated heterocycles. The maximum absolute atomic E-state index is 13.2. The van der Waals surface area contributed by atoms with Crippen LogP contribution in [0.4, 0.5) is 0 Å². The lowest BCUT2D eigenvalue weighted by atomic mass is 9.70. The maximum Gasteiger partial charge on any atom is 0.256 e. The van der Waals surface area contributed by atoms with Crippen molar-refractivity contribution >= 4 is 11.8 Å². The van der Waals surface area contributed by atoms with Gasteiger partial charge in [-0.15, -0.1) is 0 Å². The minimum atomic E-state index is 0.00392. The molecule has 2 atom stereocenters. The van der Waals surface area contributed by atoms with Gasteiger partial charge in [-0.3, -0.25) is 14.6 Å². The van der Waals surface area contributed by atoms with Crippen molar-refractivity contribution in [2.24, 2.45) is 11.8 Å². The third-order valence-corrected chi connectivity index (χ3v) is 8.83. The van der Waals surface area contributed by atoms with E-state index in [2.05, 4.69) is 46.4 Å². The summed E-state index contributed by atoms with van der Waals surface area (Å²) in [7, 11) is 0. The van der Waals surface area contributed by atoms with Crippen LogP contribution in [0.2, 0.25) is 0 Å². The molecule has 2 aromatic rings. The number of carbonyl (C=O) groups is 2. The van der Waals surface area contributed by atoms with Crippen LogP contribution in [0.1, 0.15) is 40.0 Å². The summed E-state index contributed by atoms with van der Waals surface area (Å²) < 4.78 is 5.46. The quantitative estimate of drug-likeness (QED) is 0.610. The second-order valence-electron chi connectivity index (χ2n) is 11.3. The van der Waals surface area contributed by atoms with Gasteiger partial charge in [0.25, 0.3) is 5.91 Å². The average molecular weight is 501 g/mol. The lowest BCUT2D eigenvalue weighted by Gasteiger charge is -2.52. The molecule has 1 aromatic heterocycles. The van der Waals surface area contributed by atoms with E-state index in [1.807, 2.05) is 29.7 Å². The Morgan fingerprint density at radius 2 is 1.89 bits per heavy atom. The molecule has 5 heterocycles. The van der Waals surface area contributed by atoms with Crippen LogP contribution < -0.4 is 0 Å². The lowest BCUT2D eigenvalue weighted by molar-refractivity contribution is -0.143. The summed E-state index contributed by atoms with van der Waals surface area (Å²) in [5.41, 5.74) is 5.23. The lowest BCUT2D eigenvalue weighted by Crippen LogP contribution is -2.63. The van der Waals surface area contributed by atoms with Crippen LogP contribution in [0, 0.1) is 25.7 Å². The third kappa shape index (κ3) is 4.43. The molecular formula is C30H36N4O3. The number of pyridine rings is 1. The number of rotatable bonds is 6. The highest BCUT2D eigenvalue weighted by Crippen LogP contribution is 2.40. The van der Waals surface area contributed by atoms with Gasteiger partial charge in [-0.2, -0.15) is 0 Å². The number of fused-ring (bicyclic) bond motifs is 1. The number of aromatic nitrogens is 1. The molecule has 0 spiro atoms. The Labute approximate surface area is 219 Å². The predicted octanol–water partition coefficient (Wildman–Crippen LogP) is 3.18. The van der Waals surface area contributed by atoms with Crippen molar-refractivity contribution in [1.29, 1.82) is 0 Å². The Hall–Kier alpha value is -3.19. The van der Waals surface area contributed by atoms with Crippen molar-refractivity contribution in [3.8, 4) is 0 Å².